The highest BCUT2D eigenvalue weighted by Gasteiger charge is 2.97. The van der Waals surface area contributed by atoms with Gasteiger partial charge < -0.3 is 4.74 Å². The summed E-state index contributed by atoms with van der Waals surface area (Å²) in [7, 11) is 0. The smallest absolute Gasteiger partial charge is 0.443 e. The second-order valence-corrected chi connectivity index (χ2v) is 4.64. The van der Waals surface area contributed by atoms with Crippen molar-refractivity contribution in [1.29, 1.82) is 0 Å². The number of allylic oxidation sites excluding steroid dienone is 1. The van der Waals surface area contributed by atoms with Crippen LogP contribution in [-0.4, -0.2) is 36.7 Å². The van der Waals surface area contributed by atoms with Crippen molar-refractivity contribution in [2.45, 2.75) is 36.7 Å². The maximum Gasteiger partial charge on any atom is 0.462 e. The first kappa shape index (κ1) is 22.5. The van der Waals surface area contributed by atoms with Gasteiger partial charge in [-0.2, -0.15) is 70.2 Å². The Kier molecular flexibility index (Phi) is 4.52. The van der Waals surface area contributed by atoms with Crippen molar-refractivity contribution in [1.82, 2.24) is 0 Å². The average molecular weight is 428 g/mol. The monoisotopic (exact) mass is 428 g/mol. The molecule has 0 aromatic carbocycles. The maximum atomic E-state index is 13.9. The van der Waals surface area contributed by atoms with E-state index in [2.05, 4.69) is 4.74 Å². The molecule has 0 bridgehead atoms. The Morgan fingerprint density at radius 1 is 0.538 bits per heavy atom. The van der Waals surface area contributed by atoms with Gasteiger partial charge in [0.25, 0.3) is 5.41 Å². The summed E-state index contributed by atoms with van der Waals surface area (Å²) in [6.07, 6.45) is -37.7. The molecule has 0 saturated carbocycles. The molecule has 1 aliphatic heterocycles. The molecule has 1 unspecified atom stereocenters. The number of ether oxygens (including phenoxy) is 1. The van der Waals surface area contributed by atoms with Gasteiger partial charge in [-0.1, -0.05) is 0 Å². The SMILES string of the molecule is FC(F)(F)C1=C(C(F)(F)F)C(C(F)(F)F)(C(F)(F)F)C(F)(C(F)(F)F)O1. The highest BCUT2D eigenvalue weighted by atomic mass is 19.4. The van der Waals surface area contributed by atoms with E-state index in [1.165, 1.54) is 0 Å². The predicted molar refractivity (Wildman–Crippen MR) is 44.7 cm³/mol. The van der Waals surface area contributed by atoms with Gasteiger partial charge in [0.15, 0.2) is 0 Å². The van der Waals surface area contributed by atoms with Crippen molar-refractivity contribution in [3.8, 4) is 0 Å². The van der Waals surface area contributed by atoms with Crippen LogP contribution in [0.15, 0.2) is 11.3 Å². The number of hydrogen-bond acceptors (Lipinski definition) is 1. The molecule has 0 N–H and O–H groups in total. The van der Waals surface area contributed by atoms with E-state index in [9.17, 15) is 70.2 Å². The van der Waals surface area contributed by atoms with Crippen molar-refractivity contribution in [3.05, 3.63) is 11.3 Å². The van der Waals surface area contributed by atoms with E-state index in [4.69, 9.17) is 0 Å². The molecular formula is C9F16O. The molecule has 1 atom stereocenters. The van der Waals surface area contributed by atoms with E-state index in [1.807, 2.05) is 0 Å². The summed E-state index contributed by atoms with van der Waals surface area (Å²) in [5.74, 6) is -11.9. The molecular weight excluding hydrogens is 428 g/mol. The van der Waals surface area contributed by atoms with Crippen LogP contribution < -0.4 is 0 Å². The predicted octanol–water partition coefficient (Wildman–Crippen LogP) is 5.73. The Hall–Kier alpha value is -1.58. The lowest BCUT2D eigenvalue weighted by Gasteiger charge is -2.42. The van der Waals surface area contributed by atoms with Gasteiger partial charge in [0.1, 0.15) is 5.57 Å². The van der Waals surface area contributed by atoms with Crippen molar-refractivity contribution in [2.75, 3.05) is 0 Å². The molecule has 1 rings (SSSR count). The molecule has 0 saturated heterocycles. The molecule has 0 aliphatic carbocycles. The Balaban J connectivity index is 4.29. The Morgan fingerprint density at radius 3 is 1.08 bits per heavy atom. The molecule has 154 valence electrons. The molecule has 0 fully saturated rings. The minimum Gasteiger partial charge on any atom is -0.443 e. The van der Waals surface area contributed by atoms with Crippen LogP contribution in [0.1, 0.15) is 0 Å². The standard InChI is InChI=1S/C9F16O/c10-4(11,12)1-2(5(13,14)15)26-6(16,9(23,24)25)3(1,7(17,18)19)8(20,21)22. The maximum absolute atomic E-state index is 13.9. The van der Waals surface area contributed by atoms with E-state index in [-0.39, 0.29) is 0 Å². The summed E-state index contributed by atoms with van der Waals surface area (Å²) in [5.41, 5.74) is -12.7. The van der Waals surface area contributed by atoms with Gasteiger partial charge in [0.05, 0.1) is 0 Å². The van der Waals surface area contributed by atoms with Gasteiger partial charge in [-0.25, -0.2) is 0 Å². The van der Waals surface area contributed by atoms with Gasteiger partial charge >= 0.3 is 36.7 Å². The quantitative estimate of drug-likeness (QED) is 0.448. The van der Waals surface area contributed by atoms with Gasteiger partial charge in [0, 0.05) is 0 Å². The normalized spacial score (nSPS) is 25.5. The Bertz CT molecular complexity index is 580. The number of halogens is 16. The third-order valence-corrected chi connectivity index (χ3v) is 3.08. The minimum absolute atomic E-state index is 2.09. The second kappa shape index (κ2) is 5.24. The summed E-state index contributed by atoms with van der Waals surface area (Å²) in [6.45, 7) is 0. The van der Waals surface area contributed by atoms with Crippen LogP contribution in [0.2, 0.25) is 0 Å². The summed E-state index contributed by atoms with van der Waals surface area (Å²) < 4.78 is 206. The number of hydrogen-bond donors (Lipinski definition) is 0. The lowest BCUT2D eigenvalue weighted by molar-refractivity contribution is -0.450. The third-order valence-electron chi connectivity index (χ3n) is 3.08. The zero-order valence-corrected chi connectivity index (χ0v) is 11.0. The molecule has 1 heterocycles. The molecule has 0 aromatic heterocycles. The van der Waals surface area contributed by atoms with Gasteiger partial charge in [-0.3, -0.25) is 0 Å². The summed E-state index contributed by atoms with van der Waals surface area (Å²) in [5, 5.41) is 0. The van der Waals surface area contributed by atoms with Gasteiger partial charge in [-0.05, 0) is 0 Å². The minimum atomic E-state index is -7.90. The van der Waals surface area contributed by atoms with Crippen LogP contribution >= 0.6 is 0 Å². The molecule has 1 aliphatic rings. The fraction of sp³-hybridized carbons (Fsp3) is 0.778. The molecule has 0 spiro atoms. The van der Waals surface area contributed by atoms with Gasteiger partial charge in [0.2, 0.25) is 5.76 Å². The fourth-order valence-corrected chi connectivity index (χ4v) is 2.22. The van der Waals surface area contributed by atoms with Crippen LogP contribution in [0.25, 0.3) is 0 Å². The lowest BCUT2D eigenvalue weighted by Crippen LogP contribution is -2.68. The first-order valence-corrected chi connectivity index (χ1v) is 5.43. The molecule has 26 heavy (non-hydrogen) atoms. The van der Waals surface area contributed by atoms with E-state index in [1.54, 1.807) is 0 Å². The first-order chi connectivity index (χ1) is 11.0. The van der Waals surface area contributed by atoms with Crippen LogP contribution in [0.5, 0.6) is 0 Å². The molecule has 0 amide bonds. The van der Waals surface area contributed by atoms with E-state index in [0.29, 0.717) is 0 Å². The fourth-order valence-electron chi connectivity index (χ4n) is 2.22. The van der Waals surface area contributed by atoms with Crippen LogP contribution in [0.4, 0.5) is 70.2 Å². The zero-order chi connectivity index (χ0) is 21.4. The van der Waals surface area contributed by atoms with Gasteiger partial charge in [-0.15, -0.1) is 0 Å². The highest BCUT2D eigenvalue weighted by Crippen LogP contribution is 2.73. The average Bonchev–Trinajstić information content (AvgIpc) is 2.57. The van der Waals surface area contributed by atoms with Crippen LogP contribution in [-0.2, 0) is 4.74 Å². The molecule has 0 radical (unpaired) electrons. The topological polar surface area (TPSA) is 9.23 Å². The molecule has 0 aromatic rings. The number of alkyl halides is 16. The van der Waals surface area contributed by atoms with Crippen molar-refractivity contribution >= 4 is 0 Å². The van der Waals surface area contributed by atoms with Crippen molar-refractivity contribution in [3.63, 3.8) is 0 Å². The van der Waals surface area contributed by atoms with E-state index < -0.39 is 53.5 Å². The third kappa shape index (κ3) is 2.73. The lowest BCUT2D eigenvalue weighted by atomic mass is 9.72. The van der Waals surface area contributed by atoms with Crippen molar-refractivity contribution in [2.24, 2.45) is 5.41 Å². The van der Waals surface area contributed by atoms with Crippen LogP contribution in [0, 0.1) is 5.41 Å². The largest absolute Gasteiger partial charge is 0.462 e. The summed E-state index contributed by atoms with van der Waals surface area (Å²) >= 11 is 0. The zero-order valence-electron chi connectivity index (χ0n) is 11.0. The highest BCUT2D eigenvalue weighted by molar-refractivity contribution is 5.40. The Morgan fingerprint density at radius 2 is 0.885 bits per heavy atom. The summed E-state index contributed by atoms with van der Waals surface area (Å²) in [6, 6.07) is 0. The molecule has 1 nitrogen and oxygen atoms in total. The number of rotatable bonds is 0. The molecule has 17 heteroatoms. The van der Waals surface area contributed by atoms with Crippen molar-refractivity contribution < 1.29 is 75.0 Å². The second-order valence-electron chi connectivity index (χ2n) is 4.64. The van der Waals surface area contributed by atoms with Crippen LogP contribution in [0.3, 0.4) is 0 Å². The Labute approximate surface area is 130 Å². The van der Waals surface area contributed by atoms with E-state index >= 15 is 0 Å². The summed E-state index contributed by atoms with van der Waals surface area (Å²) in [4.78, 5) is 0. The first-order valence-electron chi connectivity index (χ1n) is 5.43. The van der Waals surface area contributed by atoms with E-state index in [0.717, 1.165) is 0 Å².